The fourth-order valence-corrected chi connectivity index (χ4v) is 4.29. The van der Waals surface area contributed by atoms with E-state index in [0.717, 1.165) is 25.7 Å². The molecule has 1 fully saturated rings. The minimum atomic E-state index is -0.398. The molecule has 0 aromatic carbocycles. The standard InChI is InChI=1S/C21H37NO7S/c1-16(2)30-19-7-5-18(6-8-19)29-21(25)22-10-11-26-12-13-27-14-15-28-20(24)9-4-17(3)23/h16,18-19H,4-15H2,1-3H3,(H,22,25). The number of thioether (sulfide) groups is 1. The Balaban J connectivity index is 1.88. The van der Waals surface area contributed by atoms with Crippen molar-refractivity contribution in [2.24, 2.45) is 0 Å². The highest BCUT2D eigenvalue weighted by molar-refractivity contribution is 8.00. The van der Waals surface area contributed by atoms with Crippen molar-refractivity contribution in [1.29, 1.82) is 0 Å². The summed E-state index contributed by atoms with van der Waals surface area (Å²) < 4.78 is 21.1. The molecule has 1 aliphatic carbocycles. The molecule has 1 saturated carbocycles. The number of alkyl carbamates (subject to hydrolysis) is 1. The Hall–Kier alpha value is -1.32. The van der Waals surface area contributed by atoms with Gasteiger partial charge in [-0.1, -0.05) is 13.8 Å². The molecule has 8 nitrogen and oxygen atoms in total. The van der Waals surface area contributed by atoms with Crippen LogP contribution in [0.4, 0.5) is 4.79 Å². The van der Waals surface area contributed by atoms with Crippen LogP contribution < -0.4 is 5.32 Å². The number of ether oxygens (including phenoxy) is 4. The number of carbonyl (C=O) groups is 3. The molecule has 1 rings (SSSR count). The lowest BCUT2D eigenvalue weighted by Crippen LogP contribution is -2.33. The zero-order chi connectivity index (χ0) is 22.2. The zero-order valence-electron chi connectivity index (χ0n) is 18.5. The number of esters is 1. The van der Waals surface area contributed by atoms with E-state index in [1.54, 1.807) is 0 Å². The second-order valence-corrected chi connectivity index (χ2v) is 9.44. The van der Waals surface area contributed by atoms with Crippen molar-refractivity contribution in [2.75, 3.05) is 39.6 Å². The monoisotopic (exact) mass is 447 g/mol. The number of rotatable bonds is 15. The first-order chi connectivity index (χ1) is 14.4. The van der Waals surface area contributed by atoms with Gasteiger partial charge in [0.2, 0.25) is 0 Å². The van der Waals surface area contributed by atoms with Gasteiger partial charge in [-0.15, -0.1) is 0 Å². The Kier molecular flexibility index (Phi) is 14.6. The molecule has 0 aromatic rings. The Morgan fingerprint density at radius 1 is 0.933 bits per heavy atom. The molecule has 0 spiro atoms. The maximum Gasteiger partial charge on any atom is 0.407 e. The van der Waals surface area contributed by atoms with E-state index in [2.05, 4.69) is 19.2 Å². The number of amides is 1. The van der Waals surface area contributed by atoms with Crippen molar-refractivity contribution in [3.63, 3.8) is 0 Å². The second kappa shape index (κ2) is 16.4. The summed E-state index contributed by atoms with van der Waals surface area (Å²) in [4.78, 5) is 33.9. The van der Waals surface area contributed by atoms with Crippen LogP contribution in [0.25, 0.3) is 0 Å². The molecule has 0 heterocycles. The van der Waals surface area contributed by atoms with E-state index in [4.69, 9.17) is 18.9 Å². The largest absolute Gasteiger partial charge is 0.463 e. The Morgan fingerprint density at radius 3 is 2.20 bits per heavy atom. The SMILES string of the molecule is CC(=O)CCC(=O)OCCOCCOCCNC(=O)OC1CCC(SC(C)C)CC1. The third-order valence-corrected chi connectivity index (χ3v) is 5.82. The number of ketones is 1. The Bertz CT molecular complexity index is 508. The lowest BCUT2D eigenvalue weighted by Gasteiger charge is -2.28. The lowest BCUT2D eigenvalue weighted by molar-refractivity contribution is -0.146. The summed E-state index contributed by atoms with van der Waals surface area (Å²) in [6, 6.07) is 0. The van der Waals surface area contributed by atoms with Crippen LogP contribution >= 0.6 is 11.8 Å². The predicted octanol–water partition coefficient (Wildman–Crippen LogP) is 3.11. The minimum absolute atomic E-state index is 0.0138. The van der Waals surface area contributed by atoms with Gasteiger partial charge in [0.05, 0.1) is 32.8 Å². The van der Waals surface area contributed by atoms with E-state index in [9.17, 15) is 14.4 Å². The Labute approximate surface area is 184 Å². The molecule has 0 unspecified atom stereocenters. The van der Waals surface area contributed by atoms with Crippen LogP contribution in [-0.2, 0) is 28.5 Å². The maximum atomic E-state index is 11.8. The van der Waals surface area contributed by atoms with Gasteiger partial charge in [0.25, 0.3) is 0 Å². The van der Waals surface area contributed by atoms with Crippen molar-refractivity contribution >= 4 is 29.6 Å². The van der Waals surface area contributed by atoms with E-state index in [0.29, 0.717) is 36.9 Å². The summed E-state index contributed by atoms with van der Waals surface area (Å²) in [5.41, 5.74) is 0. The maximum absolute atomic E-state index is 11.8. The van der Waals surface area contributed by atoms with Crippen molar-refractivity contribution < 1.29 is 33.3 Å². The molecule has 1 amide bonds. The van der Waals surface area contributed by atoms with Gasteiger partial charge in [-0.2, -0.15) is 11.8 Å². The first kappa shape index (κ1) is 26.7. The van der Waals surface area contributed by atoms with Gasteiger partial charge >= 0.3 is 12.1 Å². The van der Waals surface area contributed by atoms with Gasteiger partial charge in [0, 0.05) is 18.2 Å². The normalized spacial score (nSPS) is 18.8. The van der Waals surface area contributed by atoms with Crippen LogP contribution in [-0.4, -0.2) is 74.0 Å². The number of carbonyl (C=O) groups excluding carboxylic acids is 3. The fraction of sp³-hybridized carbons (Fsp3) is 0.857. The fourth-order valence-electron chi connectivity index (χ4n) is 2.98. The van der Waals surface area contributed by atoms with Gasteiger partial charge < -0.3 is 29.1 Å². The zero-order valence-corrected chi connectivity index (χ0v) is 19.3. The minimum Gasteiger partial charge on any atom is -0.463 e. The van der Waals surface area contributed by atoms with Crippen LogP contribution in [0.15, 0.2) is 0 Å². The van der Waals surface area contributed by atoms with Crippen LogP contribution in [0.1, 0.15) is 59.3 Å². The number of Topliss-reactive ketones (excluding diaryl/α,β-unsaturated/α-hetero) is 1. The van der Waals surface area contributed by atoms with Crippen LogP contribution in [0.2, 0.25) is 0 Å². The highest BCUT2D eigenvalue weighted by Crippen LogP contribution is 2.32. The molecule has 0 saturated heterocycles. The lowest BCUT2D eigenvalue weighted by atomic mass is 9.97. The van der Waals surface area contributed by atoms with E-state index in [-0.39, 0.29) is 44.0 Å². The molecule has 1 aliphatic rings. The number of hydrogen-bond donors (Lipinski definition) is 1. The van der Waals surface area contributed by atoms with Crippen LogP contribution in [0.3, 0.4) is 0 Å². The molecule has 0 aromatic heterocycles. The molecule has 0 bridgehead atoms. The molecular weight excluding hydrogens is 410 g/mol. The third kappa shape index (κ3) is 14.6. The van der Waals surface area contributed by atoms with E-state index >= 15 is 0 Å². The second-order valence-electron chi connectivity index (χ2n) is 7.56. The van der Waals surface area contributed by atoms with Gasteiger partial charge in [0.1, 0.15) is 18.5 Å². The number of nitrogens with one attached hydrogen (secondary N) is 1. The molecule has 1 N–H and O–H groups in total. The van der Waals surface area contributed by atoms with Crippen LogP contribution in [0, 0.1) is 0 Å². The summed E-state index contributed by atoms with van der Waals surface area (Å²) in [6.45, 7) is 7.80. The molecule has 30 heavy (non-hydrogen) atoms. The average molecular weight is 448 g/mol. The van der Waals surface area contributed by atoms with Crippen molar-refractivity contribution in [3.05, 3.63) is 0 Å². The highest BCUT2D eigenvalue weighted by atomic mass is 32.2. The van der Waals surface area contributed by atoms with Gasteiger partial charge in [-0.05, 0) is 37.9 Å². The third-order valence-electron chi connectivity index (χ3n) is 4.42. The first-order valence-electron chi connectivity index (χ1n) is 10.8. The van der Waals surface area contributed by atoms with Crippen molar-refractivity contribution in [3.8, 4) is 0 Å². The topological polar surface area (TPSA) is 100 Å². The summed E-state index contributed by atoms with van der Waals surface area (Å²) >= 11 is 2.01. The molecular formula is C21H37NO7S. The molecule has 174 valence electrons. The summed E-state index contributed by atoms with van der Waals surface area (Å²) in [6.07, 6.45) is 3.99. The molecule has 0 aliphatic heterocycles. The molecule has 0 atom stereocenters. The molecule has 0 radical (unpaired) electrons. The van der Waals surface area contributed by atoms with E-state index < -0.39 is 5.97 Å². The van der Waals surface area contributed by atoms with Crippen LogP contribution in [0.5, 0.6) is 0 Å². The highest BCUT2D eigenvalue weighted by Gasteiger charge is 2.24. The number of hydrogen-bond acceptors (Lipinski definition) is 8. The van der Waals surface area contributed by atoms with Gasteiger partial charge in [0.15, 0.2) is 0 Å². The Morgan fingerprint density at radius 2 is 1.57 bits per heavy atom. The predicted molar refractivity (Wildman–Crippen MR) is 116 cm³/mol. The molecule has 9 heteroatoms. The van der Waals surface area contributed by atoms with Gasteiger partial charge in [-0.3, -0.25) is 4.79 Å². The summed E-state index contributed by atoms with van der Waals surface area (Å²) in [7, 11) is 0. The van der Waals surface area contributed by atoms with E-state index in [1.165, 1.54) is 6.92 Å². The van der Waals surface area contributed by atoms with Gasteiger partial charge in [-0.25, -0.2) is 4.79 Å². The smallest absolute Gasteiger partial charge is 0.407 e. The summed E-state index contributed by atoms with van der Waals surface area (Å²) in [5, 5.41) is 4.03. The van der Waals surface area contributed by atoms with Crippen molar-refractivity contribution in [1.82, 2.24) is 5.32 Å². The van der Waals surface area contributed by atoms with Crippen molar-refractivity contribution in [2.45, 2.75) is 75.9 Å². The quantitative estimate of drug-likeness (QED) is 0.302. The average Bonchev–Trinajstić information content (AvgIpc) is 2.69. The first-order valence-corrected chi connectivity index (χ1v) is 11.7. The van der Waals surface area contributed by atoms with E-state index in [1.807, 2.05) is 11.8 Å². The summed E-state index contributed by atoms with van der Waals surface area (Å²) in [5.74, 6) is -0.433.